The largest absolute Gasteiger partial charge is 0.494 e. The minimum absolute atomic E-state index is 0. The molecule has 8 heteroatoms. The van der Waals surface area contributed by atoms with Gasteiger partial charge >= 0.3 is 0 Å². The van der Waals surface area contributed by atoms with Crippen molar-refractivity contribution < 1.29 is 9.47 Å². The molecule has 1 aromatic heterocycles. The van der Waals surface area contributed by atoms with Gasteiger partial charge in [0, 0.05) is 50.5 Å². The van der Waals surface area contributed by atoms with Crippen LogP contribution < -0.4 is 20.1 Å². The molecule has 0 aliphatic carbocycles. The summed E-state index contributed by atoms with van der Waals surface area (Å²) in [6.07, 6.45) is 4.97. The van der Waals surface area contributed by atoms with E-state index >= 15 is 0 Å². The second kappa shape index (κ2) is 14.2. The van der Waals surface area contributed by atoms with Gasteiger partial charge in [-0.25, -0.2) is 4.98 Å². The van der Waals surface area contributed by atoms with E-state index in [1.54, 1.807) is 13.2 Å². The minimum Gasteiger partial charge on any atom is -0.494 e. The molecular formula is C25H38IN5O2. The van der Waals surface area contributed by atoms with Gasteiger partial charge in [0.25, 0.3) is 0 Å². The molecule has 3 rings (SSSR count). The van der Waals surface area contributed by atoms with Crippen molar-refractivity contribution in [2.24, 2.45) is 4.99 Å². The quantitative estimate of drug-likeness (QED) is 0.257. The van der Waals surface area contributed by atoms with Crippen molar-refractivity contribution in [3.63, 3.8) is 0 Å². The first-order chi connectivity index (χ1) is 15.6. The molecule has 1 aliphatic rings. The summed E-state index contributed by atoms with van der Waals surface area (Å²) in [4.78, 5) is 11.4. The summed E-state index contributed by atoms with van der Waals surface area (Å²) in [5, 5.41) is 6.98. The zero-order valence-corrected chi connectivity index (χ0v) is 22.5. The molecular weight excluding hydrogens is 529 g/mol. The standard InChI is InChI=1S/C25H37N5O2.HI/c1-5-17-31-22-8-10-23(11-9-22)32-24-20(7-6-14-27-24)18-28-25(26-4)29-21-12-15-30(16-13-21)19(2)3;/h6-11,14,19,21H,5,12-13,15-18H2,1-4H3,(H2,26,28,29);1H. The molecule has 1 aromatic carbocycles. The molecule has 2 aromatic rings. The van der Waals surface area contributed by atoms with Crippen LogP contribution in [0.15, 0.2) is 47.6 Å². The van der Waals surface area contributed by atoms with Crippen LogP contribution in [0.1, 0.15) is 45.6 Å². The van der Waals surface area contributed by atoms with Gasteiger partial charge in [0.05, 0.1) is 6.61 Å². The van der Waals surface area contributed by atoms with Gasteiger partial charge in [0.2, 0.25) is 5.88 Å². The second-order valence-electron chi connectivity index (χ2n) is 8.36. The number of aromatic nitrogens is 1. The number of hydrogen-bond acceptors (Lipinski definition) is 5. The third kappa shape index (κ3) is 8.66. The predicted octanol–water partition coefficient (Wildman–Crippen LogP) is 4.82. The van der Waals surface area contributed by atoms with Crippen LogP contribution in [0, 0.1) is 0 Å². The number of nitrogens with zero attached hydrogens (tertiary/aromatic N) is 3. The summed E-state index contributed by atoms with van der Waals surface area (Å²) in [5.74, 6) is 2.97. The lowest BCUT2D eigenvalue weighted by molar-refractivity contribution is 0.167. The number of nitrogens with one attached hydrogen (secondary N) is 2. The molecule has 1 aliphatic heterocycles. The highest BCUT2D eigenvalue weighted by Crippen LogP contribution is 2.25. The Kier molecular flexibility index (Phi) is 11.7. The predicted molar refractivity (Wildman–Crippen MR) is 145 cm³/mol. The van der Waals surface area contributed by atoms with Crippen LogP contribution in [-0.2, 0) is 6.54 Å². The molecule has 0 bridgehead atoms. The molecule has 0 unspecified atom stereocenters. The Hall–Kier alpha value is -2.07. The minimum atomic E-state index is 0. The average molecular weight is 568 g/mol. The van der Waals surface area contributed by atoms with Gasteiger partial charge in [-0.15, -0.1) is 24.0 Å². The van der Waals surface area contributed by atoms with E-state index < -0.39 is 0 Å². The number of guanidine groups is 1. The van der Waals surface area contributed by atoms with E-state index in [4.69, 9.17) is 9.47 Å². The van der Waals surface area contributed by atoms with Gasteiger partial charge < -0.3 is 25.0 Å². The maximum absolute atomic E-state index is 6.05. The number of rotatable bonds is 9. The Morgan fingerprint density at radius 3 is 2.48 bits per heavy atom. The van der Waals surface area contributed by atoms with Crippen LogP contribution >= 0.6 is 24.0 Å². The highest BCUT2D eigenvalue weighted by atomic mass is 127. The molecule has 1 saturated heterocycles. The summed E-state index contributed by atoms with van der Waals surface area (Å²) in [6, 6.07) is 12.6. The van der Waals surface area contributed by atoms with Crippen LogP contribution in [-0.4, -0.2) is 54.7 Å². The fourth-order valence-electron chi connectivity index (χ4n) is 3.71. The van der Waals surface area contributed by atoms with Gasteiger partial charge in [-0.3, -0.25) is 4.99 Å². The maximum Gasteiger partial charge on any atom is 0.224 e. The molecule has 182 valence electrons. The molecule has 2 N–H and O–H groups in total. The van der Waals surface area contributed by atoms with E-state index in [1.807, 2.05) is 36.4 Å². The van der Waals surface area contributed by atoms with Crippen molar-refractivity contribution in [3.05, 3.63) is 48.2 Å². The molecule has 33 heavy (non-hydrogen) atoms. The van der Waals surface area contributed by atoms with Crippen molar-refractivity contribution in [2.75, 3.05) is 26.7 Å². The topological polar surface area (TPSA) is 71.0 Å². The third-order valence-corrected chi connectivity index (χ3v) is 5.63. The third-order valence-electron chi connectivity index (χ3n) is 5.63. The number of halogens is 1. The second-order valence-corrected chi connectivity index (χ2v) is 8.36. The first kappa shape index (κ1) is 27.2. The van der Waals surface area contributed by atoms with Gasteiger partial charge in [-0.1, -0.05) is 13.0 Å². The molecule has 0 saturated carbocycles. The lowest BCUT2D eigenvalue weighted by Gasteiger charge is -2.35. The summed E-state index contributed by atoms with van der Waals surface area (Å²) in [7, 11) is 1.81. The Morgan fingerprint density at radius 1 is 1.15 bits per heavy atom. The Balaban J connectivity index is 0.00000385. The van der Waals surface area contributed by atoms with Crippen molar-refractivity contribution in [3.8, 4) is 17.4 Å². The van der Waals surface area contributed by atoms with Crippen molar-refractivity contribution >= 4 is 29.9 Å². The first-order valence-electron chi connectivity index (χ1n) is 11.6. The van der Waals surface area contributed by atoms with Crippen molar-refractivity contribution in [1.29, 1.82) is 0 Å². The molecule has 7 nitrogen and oxygen atoms in total. The van der Waals surface area contributed by atoms with E-state index in [-0.39, 0.29) is 24.0 Å². The Labute approximate surface area is 215 Å². The number of hydrogen-bond donors (Lipinski definition) is 2. The van der Waals surface area contributed by atoms with Crippen LogP contribution in [0.2, 0.25) is 0 Å². The molecule has 2 heterocycles. The first-order valence-corrected chi connectivity index (χ1v) is 11.6. The van der Waals surface area contributed by atoms with Crippen LogP contribution in [0.3, 0.4) is 0 Å². The lowest BCUT2D eigenvalue weighted by atomic mass is 10.0. The monoisotopic (exact) mass is 567 g/mol. The number of ether oxygens (including phenoxy) is 2. The van der Waals surface area contributed by atoms with Crippen molar-refractivity contribution in [1.82, 2.24) is 20.5 Å². The number of aliphatic imine (C=N–C) groups is 1. The van der Waals surface area contributed by atoms with Crippen LogP contribution in [0.5, 0.6) is 17.4 Å². The summed E-state index contributed by atoms with van der Waals surface area (Å²) < 4.78 is 11.7. The van der Waals surface area contributed by atoms with Gasteiger partial charge in [0.15, 0.2) is 5.96 Å². The highest BCUT2D eigenvalue weighted by molar-refractivity contribution is 14.0. The molecule has 0 spiro atoms. The van der Waals surface area contributed by atoms with E-state index in [1.165, 1.54) is 0 Å². The van der Waals surface area contributed by atoms with Crippen molar-refractivity contribution in [2.45, 2.75) is 58.7 Å². The summed E-state index contributed by atoms with van der Waals surface area (Å²) in [6.45, 7) is 10.1. The SMILES string of the molecule is CCCOc1ccc(Oc2ncccc2CNC(=NC)NC2CCN(C(C)C)CC2)cc1.I. The highest BCUT2D eigenvalue weighted by Gasteiger charge is 2.21. The average Bonchev–Trinajstić information content (AvgIpc) is 2.82. The zero-order chi connectivity index (χ0) is 22.8. The van der Waals surface area contributed by atoms with E-state index in [2.05, 4.69) is 46.3 Å². The van der Waals surface area contributed by atoms with Gasteiger partial charge in [-0.05, 0) is 63.4 Å². The molecule has 0 atom stereocenters. The van der Waals surface area contributed by atoms with Crippen LogP contribution in [0.4, 0.5) is 0 Å². The lowest BCUT2D eigenvalue weighted by Crippen LogP contribution is -2.49. The Bertz CT molecular complexity index is 852. The molecule has 0 radical (unpaired) electrons. The van der Waals surface area contributed by atoms with E-state index in [9.17, 15) is 0 Å². The maximum atomic E-state index is 6.05. The summed E-state index contributed by atoms with van der Waals surface area (Å²) in [5.41, 5.74) is 0.969. The van der Waals surface area contributed by atoms with Gasteiger partial charge in [-0.2, -0.15) is 0 Å². The smallest absolute Gasteiger partial charge is 0.224 e. The van der Waals surface area contributed by atoms with Gasteiger partial charge in [0.1, 0.15) is 11.5 Å². The number of likely N-dealkylation sites (tertiary alicyclic amines) is 1. The fourth-order valence-corrected chi connectivity index (χ4v) is 3.71. The number of piperidine rings is 1. The molecule has 0 amide bonds. The summed E-state index contributed by atoms with van der Waals surface area (Å²) >= 11 is 0. The number of benzene rings is 1. The Morgan fingerprint density at radius 2 is 1.85 bits per heavy atom. The number of pyridine rings is 1. The van der Waals surface area contributed by atoms with Crippen LogP contribution in [0.25, 0.3) is 0 Å². The zero-order valence-electron chi connectivity index (χ0n) is 20.2. The normalized spacial score (nSPS) is 15.1. The van der Waals surface area contributed by atoms with E-state index in [0.29, 0.717) is 31.1 Å². The molecule has 1 fully saturated rings. The fraction of sp³-hybridized carbons (Fsp3) is 0.520. The van der Waals surface area contributed by atoms with E-state index in [0.717, 1.165) is 55.4 Å².